The molecule has 1 aromatic rings. The highest BCUT2D eigenvalue weighted by Gasteiger charge is 2.06. The average Bonchev–Trinajstić information content (AvgIpc) is 2.18. The van der Waals surface area contributed by atoms with Crippen molar-refractivity contribution in [1.29, 1.82) is 0 Å². The number of benzene rings is 1. The fourth-order valence-corrected chi connectivity index (χ4v) is 1.12. The first kappa shape index (κ1) is 11.4. The van der Waals surface area contributed by atoms with Crippen molar-refractivity contribution in [2.75, 3.05) is 7.11 Å². The van der Waals surface area contributed by atoms with Crippen LogP contribution in [0.5, 0.6) is 17.2 Å². The van der Waals surface area contributed by atoms with Gasteiger partial charge in [0.05, 0.1) is 7.11 Å². The van der Waals surface area contributed by atoms with Crippen molar-refractivity contribution >= 4 is 5.97 Å². The molecule has 0 bridgehead atoms. The van der Waals surface area contributed by atoms with Crippen molar-refractivity contribution in [2.45, 2.75) is 19.8 Å². The molecule has 1 aromatic carbocycles. The molecule has 0 aliphatic heterocycles. The van der Waals surface area contributed by atoms with Gasteiger partial charge in [0.1, 0.15) is 5.75 Å². The second kappa shape index (κ2) is 5.24. The minimum Gasteiger partial charge on any atom is -0.504 e. The molecule has 0 aromatic heterocycles. The first-order chi connectivity index (χ1) is 7.17. The molecule has 0 radical (unpaired) electrons. The lowest BCUT2D eigenvalue weighted by atomic mass is 10.3. The van der Waals surface area contributed by atoms with Crippen LogP contribution in [0.4, 0.5) is 0 Å². The molecule has 0 saturated carbocycles. The van der Waals surface area contributed by atoms with Gasteiger partial charge >= 0.3 is 5.97 Å². The third kappa shape index (κ3) is 3.16. The molecule has 4 heteroatoms. The van der Waals surface area contributed by atoms with Crippen LogP contribution in [0.25, 0.3) is 0 Å². The molecule has 0 aliphatic carbocycles. The summed E-state index contributed by atoms with van der Waals surface area (Å²) in [5, 5.41) is 9.42. The molecular formula is C11H14O4. The third-order valence-electron chi connectivity index (χ3n) is 1.84. The molecule has 0 saturated heterocycles. The first-order valence-electron chi connectivity index (χ1n) is 4.75. The van der Waals surface area contributed by atoms with Crippen LogP contribution in [-0.2, 0) is 4.79 Å². The Labute approximate surface area is 88.4 Å². The molecule has 0 fully saturated rings. The SMILES string of the molecule is CCCC(=O)Oc1ccc(OC)c(O)c1. The lowest BCUT2D eigenvalue weighted by Gasteiger charge is -2.06. The van der Waals surface area contributed by atoms with Gasteiger partial charge in [-0.15, -0.1) is 0 Å². The Morgan fingerprint density at radius 2 is 2.20 bits per heavy atom. The number of hydrogen-bond donors (Lipinski definition) is 1. The van der Waals surface area contributed by atoms with Crippen LogP contribution in [0.3, 0.4) is 0 Å². The number of phenolic OH excluding ortho intramolecular Hbond substituents is 1. The second-order valence-corrected chi connectivity index (χ2v) is 3.06. The Hall–Kier alpha value is -1.71. The van der Waals surface area contributed by atoms with E-state index in [1.54, 1.807) is 12.1 Å². The summed E-state index contributed by atoms with van der Waals surface area (Å²) < 4.78 is 9.84. The Kier molecular flexibility index (Phi) is 3.97. The Balaban J connectivity index is 2.71. The lowest BCUT2D eigenvalue weighted by Crippen LogP contribution is -2.06. The summed E-state index contributed by atoms with van der Waals surface area (Å²) >= 11 is 0. The monoisotopic (exact) mass is 210 g/mol. The minimum absolute atomic E-state index is 0.0423. The quantitative estimate of drug-likeness (QED) is 0.610. The second-order valence-electron chi connectivity index (χ2n) is 3.06. The van der Waals surface area contributed by atoms with E-state index in [-0.39, 0.29) is 11.7 Å². The molecule has 82 valence electrons. The van der Waals surface area contributed by atoms with Crippen LogP contribution >= 0.6 is 0 Å². The summed E-state index contributed by atoms with van der Waals surface area (Å²) in [6.07, 6.45) is 1.10. The topological polar surface area (TPSA) is 55.8 Å². The number of ether oxygens (including phenoxy) is 2. The Morgan fingerprint density at radius 3 is 2.73 bits per heavy atom. The zero-order valence-corrected chi connectivity index (χ0v) is 8.82. The standard InChI is InChI=1S/C11H14O4/c1-3-4-11(13)15-8-5-6-10(14-2)9(12)7-8/h5-7,12H,3-4H2,1-2H3. The van der Waals surface area contributed by atoms with Gasteiger partial charge in [0, 0.05) is 12.5 Å². The van der Waals surface area contributed by atoms with Crippen molar-refractivity contribution in [1.82, 2.24) is 0 Å². The summed E-state index contributed by atoms with van der Waals surface area (Å²) in [4.78, 5) is 11.1. The number of phenols is 1. The van der Waals surface area contributed by atoms with Crippen molar-refractivity contribution in [3.8, 4) is 17.2 Å². The van der Waals surface area contributed by atoms with E-state index < -0.39 is 0 Å². The molecule has 0 spiro atoms. The molecule has 0 aliphatic rings. The molecule has 0 amide bonds. The highest BCUT2D eigenvalue weighted by molar-refractivity contribution is 5.72. The zero-order valence-electron chi connectivity index (χ0n) is 8.82. The summed E-state index contributed by atoms with van der Waals surface area (Å²) in [6, 6.07) is 4.47. The Bertz CT molecular complexity index is 346. The third-order valence-corrected chi connectivity index (χ3v) is 1.84. The van der Waals surface area contributed by atoms with Gasteiger partial charge in [-0.1, -0.05) is 6.92 Å². The van der Waals surface area contributed by atoms with E-state index >= 15 is 0 Å². The number of aromatic hydroxyl groups is 1. The van der Waals surface area contributed by atoms with E-state index in [1.165, 1.54) is 13.2 Å². The normalized spacial score (nSPS) is 9.73. The predicted molar refractivity (Wildman–Crippen MR) is 55.2 cm³/mol. The number of esters is 1. The number of rotatable bonds is 4. The van der Waals surface area contributed by atoms with Gasteiger partial charge in [-0.2, -0.15) is 0 Å². The van der Waals surface area contributed by atoms with Crippen LogP contribution in [0.1, 0.15) is 19.8 Å². The summed E-state index contributed by atoms with van der Waals surface area (Å²) in [5.74, 6) is 0.332. The zero-order chi connectivity index (χ0) is 11.3. The minimum atomic E-state index is -0.304. The van der Waals surface area contributed by atoms with E-state index in [4.69, 9.17) is 9.47 Å². The van der Waals surface area contributed by atoms with Crippen LogP contribution in [0.2, 0.25) is 0 Å². The van der Waals surface area contributed by atoms with E-state index in [0.717, 1.165) is 6.42 Å². The first-order valence-corrected chi connectivity index (χ1v) is 4.75. The molecule has 1 rings (SSSR count). The van der Waals surface area contributed by atoms with Crippen molar-refractivity contribution in [3.63, 3.8) is 0 Å². The van der Waals surface area contributed by atoms with Gasteiger partial charge in [0.2, 0.25) is 0 Å². The van der Waals surface area contributed by atoms with Crippen LogP contribution in [0, 0.1) is 0 Å². The van der Waals surface area contributed by atoms with E-state index in [1.807, 2.05) is 6.92 Å². The number of carbonyl (C=O) groups is 1. The summed E-state index contributed by atoms with van der Waals surface area (Å²) in [6.45, 7) is 1.90. The highest BCUT2D eigenvalue weighted by Crippen LogP contribution is 2.29. The number of methoxy groups -OCH3 is 1. The predicted octanol–water partition coefficient (Wildman–Crippen LogP) is 2.11. The highest BCUT2D eigenvalue weighted by atomic mass is 16.5. The van der Waals surface area contributed by atoms with Crippen LogP contribution in [0.15, 0.2) is 18.2 Å². The fourth-order valence-electron chi connectivity index (χ4n) is 1.12. The van der Waals surface area contributed by atoms with Gasteiger partial charge in [0.15, 0.2) is 11.5 Å². The maximum Gasteiger partial charge on any atom is 0.311 e. The number of carbonyl (C=O) groups excluding carboxylic acids is 1. The van der Waals surface area contributed by atoms with Gasteiger partial charge in [0.25, 0.3) is 0 Å². The summed E-state index contributed by atoms with van der Waals surface area (Å²) in [7, 11) is 1.46. The average molecular weight is 210 g/mol. The van der Waals surface area contributed by atoms with Gasteiger partial charge < -0.3 is 14.6 Å². The lowest BCUT2D eigenvalue weighted by molar-refractivity contribution is -0.134. The number of hydrogen-bond acceptors (Lipinski definition) is 4. The van der Waals surface area contributed by atoms with Crippen molar-refractivity contribution in [3.05, 3.63) is 18.2 Å². The van der Waals surface area contributed by atoms with E-state index in [0.29, 0.717) is 17.9 Å². The molecule has 0 unspecified atom stereocenters. The molecule has 1 N–H and O–H groups in total. The van der Waals surface area contributed by atoms with Gasteiger partial charge in [-0.3, -0.25) is 4.79 Å². The van der Waals surface area contributed by atoms with Crippen molar-refractivity contribution in [2.24, 2.45) is 0 Å². The molecule has 4 nitrogen and oxygen atoms in total. The molecule has 15 heavy (non-hydrogen) atoms. The van der Waals surface area contributed by atoms with E-state index in [2.05, 4.69) is 0 Å². The fraction of sp³-hybridized carbons (Fsp3) is 0.364. The molecule has 0 heterocycles. The largest absolute Gasteiger partial charge is 0.504 e. The van der Waals surface area contributed by atoms with Gasteiger partial charge in [-0.05, 0) is 18.6 Å². The van der Waals surface area contributed by atoms with Crippen LogP contribution < -0.4 is 9.47 Å². The molecule has 0 atom stereocenters. The van der Waals surface area contributed by atoms with Crippen molar-refractivity contribution < 1.29 is 19.4 Å². The Morgan fingerprint density at radius 1 is 1.47 bits per heavy atom. The van der Waals surface area contributed by atoms with Crippen LogP contribution in [-0.4, -0.2) is 18.2 Å². The maximum atomic E-state index is 11.1. The van der Waals surface area contributed by atoms with Gasteiger partial charge in [-0.25, -0.2) is 0 Å². The maximum absolute atomic E-state index is 11.1. The molecular weight excluding hydrogens is 196 g/mol. The summed E-state index contributed by atoms with van der Waals surface area (Å²) in [5.41, 5.74) is 0. The smallest absolute Gasteiger partial charge is 0.311 e. The van der Waals surface area contributed by atoms with E-state index in [9.17, 15) is 9.90 Å².